The Morgan fingerprint density at radius 3 is 2.64 bits per heavy atom. The van der Waals surface area contributed by atoms with Gasteiger partial charge in [-0.25, -0.2) is 17.9 Å². The van der Waals surface area contributed by atoms with E-state index in [-0.39, 0.29) is 22.8 Å². The van der Waals surface area contributed by atoms with Gasteiger partial charge in [-0.1, -0.05) is 24.3 Å². The van der Waals surface area contributed by atoms with Crippen molar-refractivity contribution in [2.24, 2.45) is 0 Å². The SMILES string of the molecule is Cc1ccc(S(=O)(=O)NCc2ccco2)cc1C(=O)OC(C)C(=O)c1c[nH]c2ccccc12. The summed E-state index contributed by atoms with van der Waals surface area (Å²) >= 11 is 0. The molecular weight excluding hydrogens is 444 g/mol. The van der Waals surface area contributed by atoms with E-state index in [0.29, 0.717) is 16.9 Å². The molecule has 4 rings (SSSR count). The lowest BCUT2D eigenvalue weighted by atomic mass is 10.1. The molecule has 170 valence electrons. The van der Waals surface area contributed by atoms with Gasteiger partial charge in [-0.2, -0.15) is 0 Å². The van der Waals surface area contributed by atoms with Crippen molar-refractivity contribution in [3.8, 4) is 0 Å². The lowest BCUT2D eigenvalue weighted by Crippen LogP contribution is -2.26. The summed E-state index contributed by atoms with van der Waals surface area (Å²) in [5, 5.41) is 0.734. The van der Waals surface area contributed by atoms with Gasteiger partial charge in [-0.05, 0) is 49.7 Å². The number of nitrogens with one attached hydrogen (secondary N) is 2. The molecule has 0 radical (unpaired) electrons. The summed E-state index contributed by atoms with van der Waals surface area (Å²) in [5.41, 5.74) is 1.81. The molecule has 4 aromatic rings. The molecule has 2 aromatic heterocycles. The van der Waals surface area contributed by atoms with E-state index in [4.69, 9.17) is 9.15 Å². The number of carbonyl (C=O) groups is 2. The number of aromatic nitrogens is 1. The molecule has 0 aliphatic rings. The first-order valence-electron chi connectivity index (χ1n) is 10.2. The zero-order valence-electron chi connectivity index (χ0n) is 18.0. The normalized spacial score (nSPS) is 12.5. The predicted molar refractivity (Wildman–Crippen MR) is 121 cm³/mol. The van der Waals surface area contributed by atoms with Gasteiger partial charge in [0.1, 0.15) is 5.76 Å². The van der Waals surface area contributed by atoms with Gasteiger partial charge in [0.05, 0.1) is 23.3 Å². The van der Waals surface area contributed by atoms with Crippen molar-refractivity contribution in [3.63, 3.8) is 0 Å². The summed E-state index contributed by atoms with van der Waals surface area (Å²) in [7, 11) is -3.90. The number of rotatable bonds is 8. The first kappa shape index (κ1) is 22.5. The van der Waals surface area contributed by atoms with Crippen molar-refractivity contribution < 1.29 is 27.2 Å². The van der Waals surface area contributed by atoms with E-state index in [9.17, 15) is 18.0 Å². The topological polar surface area (TPSA) is 118 Å². The number of esters is 1. The largest absolute Gasteiger partial charge is 0.468 e. The molecule has 8 nitrogen and oxygen atoms in total. The zero-order chi connectivity index (χ0) is 23.6. The van der Waals surface area contributed by atoms with Crippen LogP contribution in [0.3, 0.4) is 0 Å². The third kappa shape index (κ3) is 4.74. The molecule has 0 saturated carbocycles. The fraction of sp³-hybridized carbons (Fsp3) is 0.167. The van der Waals surface area contributed by atoms with Crippen molar-refractivity contribution in [1.82, 2.24) is 9.71 Å². The van der Waals surface area contributed by atoms with E-state index in [2.05, 4.69) is 9.71 Å². The van der Waals surface area contributed by atoms with E-state index in [1.165, 1.54) is 31.4 Å². The van der Waals surface area contributed by atoms with E-state index in [1.807, 2.05) is 24.3 Å². The molecule has 9 heteroatoms. The van der Waals surface area contributed by atoms with Crippen LogP contribution in [0.15, 0.2) is 76.4 Å². The first-order chi connectivity index (χ1) is 15.8. The number of benzene rings is 2. The number of furan rings is 1. The highest BCUT2D eigenvalue weighted by Crippen LogP contribution is 2.22. The number of sulfonamides is 1. The lowest BCUT2D eigenvalue weighted by molar-refractivity contribution is 0.0318. The Labute approximate surface area is 190 Å². The lowest BCUT2D eigenvalue weighted by Gasteiger charge is -2.14. The Kier molecular flexibility index (Phi) is 6.17. The third-order valence-electron chi connectivity index (χ3n) is 5.26. The summed E-state index contributed by atoms with van der Waals surface area (Å²) in [6.45, 7) is 3.12. The monoisotopic (exact) mass is 466 g/mol. The van der Waals surface area contributed by atoms with Gasteiger partial charge in [0.2, 0.25) is 15.8 Å². The Hall–Kier alpha value is -3.69. The van der Waals surface area contributed by atoms with Crippen molar-refractivity contribution >= 4 is 32.7 Å². The van der Waals surface area contributed by atoms with Crippen molar-refractivity contribution in [2.45, 2.75) is 31.4 Å². The molecule has 1 atom stereocenters. The first-order valence-corrected chi connectivity index (χ1v) is 11.7. The molecule has 33 heavy (non-hydrogen) atoms. The van der Waals surface area contributed by atoms with Crippen LogP contribution < -0.4 is 4.72 Å². The molecular formula is C24H22N2O6S. The van der Waals surface area contributed by atoms with Gasteiger partial charge in [-0.15, -0.1) is 0 Å². The second-order valence-corrected chi connectivity index (χ2v) is 9.31. The van der Waals surface area contributed by atoms with Gasteiger partial charge in [-0.3, -0.25) is 4.79 Å². The van der Waals surface area contributed by atoms with Crippen molar-refractivity contribution in [3.05, 3.63) is 89.5 Å². The summed E-state index contributed by atoms with van der Waals surface area (Å²) in [6, 6.07) is 14.8. The smallest absolute Gasteiger partial charge is 0.339 e. The van der Waals surface area contributed by atoms with Crippen molar-refractivity contribution in [1.29, 1.82) is 0 Å². The number of fused-ring (bicyclic) bond motifs is 1. The second kappa shape index (κ2) is 9.05. The minimum absolute atomic E-state index is 0.0286. The number of Topliss-reactive ketones (excluding diaryl/α,β-unsaturated/α-hetero) is 1. The molecule has 1 unspecified atom stereocenters. The minimum atomic E-state index is -3.90. The number of ketones is 1. The van der Waals surface area contributed by atoms with Crippen LogP contribution in [0, 0.1) is 6.92 Å². The van der Waals surface area contributed by atoms with Crippen molar-refractivity contribution in [2.75, 3.05) is 0 Å². The maximum absolute atomic E-state index is 12.9. The standard InChI is InChI=1S/C24H22N2O6S/c1-15-9-10-18(33(29,30)26-13-17-6-5-11-31-17)12-20(15)24(28)32-16(2)23(27)21-14-25-22-8-4-3-7-19(21)22/h3-12,14,16,25-26H,13H2,1-2H3. The molecule has 0 fully saturated rings. The molecule has 2 N–H and O–H groups in total. The molecule has 2 heterocycles. The summed E-state index contributed by atoms with van der Waals surface area (Å²) < 4.78 is 38.3. The van der Waals surface area contributed by atoms with Crippen LogP contribution >= 0.6 is 0 Å². The number of H-pyrrole nitrogens is 1. The van der Waals surface area contributed by atoms with E-state index >= 15 is 0 Å². The number of para-hydroxylation sites is 1. The Bertz CT molecular complexity index is 1420. The third-order valence-corrected chi connectivity index (χ3v) is 6.66. The maximum Gasteiger partial charge on any atom is 0.339 e. The zero-order valence-corrected chi connectivity index (χ0v) is 18.8. The van der Waals surface area contributed by atoms with Crippen LogP contribution in [-0.4, -0.2) is 31.3 Å². The molecule has 0 bridgehead atoms. The Morgan fingerprint density at radius 1 is 1.09 bits per heavy atom. The van der Waals surface area contributed by atoms with Crippen LogP contribution in [0.25, 0.3) is 10.9 Å². The highest BCUT2D eigenvalue weighted by Gasteiger charge is 2.25. The predicted octanol–water partition coefficient (Wildman–Crippen LogP) is 3.98. The number of aromatic amines is 1. The number of hydrogen-bond acceptors (Lipinski definition) is 6. The number of hydrogen-bond donors (Lipinski definition) is 2. The number of carbonyl (C=O) groups excluding carboxylic acids is 2. The fourth-order valence-corrected chi connectivity index (χ4v) is 4.44. The highest BCUT2D eigenvalue weighted by atomic mass is 32.2. The molecule has 0 aliphatic carbocycles. The number of aryl methyl sites for hydroxylation is 1. The second-order valence-electron chi connectivity index (χ2n) is 7.54. The summed E-state index contributed by atoms with van der Waals surface area (Å²) in [5.74, 6) is -0.687. The van der Waals surface area contributed by atoms with Crippen LogP contribution in [0.2, 0.25) is 0 Å². The van der Waals surface area contributed by atoms with Gasteiger partial charge in [0.25, 0.3) is 0 Å². The van der Waals surface area contributed by atoms with Crippen LogP contribution in [0.5, 0.6) is 0 Å². The minimum Gasteiger partial charge on any atom is -0.468 e. The van der Waals surface area contributed by atoms with Crippen LogP contribution in [0.4, 0.5) is 0 Å². The molecule has 0 spiro atoms. The molecule has 0 amide bonds. The van der Waals surface area contributed by atoms with E-state index in [1.54, 1.807) is 25.3 Å². The number of ether oxygens (including phenoxy) is 1. The molecule has 0 saturated heterocycles. The fourth-order valence-electron chi connectivity index (χ4n) is 3.42. The maximum atomic E-state index is 12.9. The van der Waals surface area contributed by atoms with Gasteiger partial charge < -0.3 is 14.1 Å². The summed E-state index contributed by atoms with van der Waals surface area (Å²) in [4.78, 5) is 28.6. The van der Waals surface area contributed by atoms with Gasteiger partial charge in [0.15, 0.2) is 6.10 Å². The quantitative estimate of drug-likeness (QED) is 0.300. The molecule has 2 aromatic carbocycles. The Balaban J connectivity index is 1.51. The average molecular weight is 467 g/mol. The molecule has 0 aliphatic heterocycles. The van der Waals surface area contributed by atoms with E-state index < -0.39 is 22.1 Å². The Morgan fingerprint density at radius 2 is 1.88 bits per heavy atom. The van der Waals surface area contributed by atoms with Crippen LogP contribution in [0.1, 0.15) is 39.0 Å². The van der Waals surface area contributed by atoms with E-state index in [0.717, 1.165) is 10.9 Å². The average Bonchev–Trinajstić information content (AvgIpc) is 3.47. The highest BCUT2D eigenvalue weighted by molar-refractivity contribution is 7.89. The van der Waals surface area contributed by atoms with Gasteiger partial charge >= 0.3 is 5.97 Å². The summed E-state index contributed by atoms with van der Waals surface area (Å²) in [6.07, 6.45) is 1.97. The van der Waals surface area contributed by atoms with Gasteiger partial charge in [0, 0.05) is 22.7 Å². The van der Waals surface area contributed by atoms with Crippen LogP contribution in [-0.2, 0) is 21.3 Å².